The third kappa shape index (κ3) is 2.48. The molecule has 4 rings (SSSR count). The van der Waals surface area contributed by atoms with Crippen LogP contribution in [0.5, 0.6) is 0 Å². The van der Waals surface area contributed by atoms with E-state index in [0.717, 1.165) is 36.5 Å². The van der Waals surface area contributed by atoms with Crippen LogP contribution in [0.3, 0.4) is 0 Å². The molecule has 1 unspecified atom stereocenters. The predicted octanol–water partition coefficient (Wildman–Crippen LogP) is 2.60. The molecule has 0 saturated carbocycles. The average molecular weight is 282 g/mol. The van der Waals surface area contributed by atoms with Crippen LogP contribution in [-0.2, 0) is 0 Å². The lowest BCUT2D eigenvalue weighted by Gasteiger charge is -2.45. The van der Waals surface area contributed by atoms with Gasteiger partial charge in [-0.25, -0.2) is 4.98 Å². The van der Waals surface area contributed by atoms with Crippen molar-refractivity contribution >= 4 is 16.9 Å². The molecule has 2 fully saturated rings. The average Bonchev–Trinajstić information content (AvgIpc) is 2.55. The third-order valence-corrected chi connectivity index (χ3v) is 4.98. The number of para-hydroxylation sites is 2. The van der Waals surface area contributed by atoms with E-state index in [1.807, 2.05) is 30.5 Å². The van der Waals surface area contributed by atoms with E-state index in [-0.39, 0.29) is 0 Å². The van der Waals surface area contributed by atoms with Crippen molar-refractivity contribution in [3.05, 3.63) is 30.5 Å². The van der Waals surface area contributed by atoms with Gasteiger partial charge in [0.25, 0.3) is 0 Å². The topological polar surface area (TPSA) is 41.1 Å². The van der Waals surface area contributed by atoms with Crippen molar-refractivity contribution in [1.29, 1.82) is 0 Å². The fourth-order valence-corrected chi connectivity index (χ4v) is 3.88. The van der Waals surface area contributed by atoms with E-state index in [2.05, 4.69) is 15.2 Å². The number of nitrogens with one attached hydrogen (secondary N) is 1. The van der Waals surface area contributed by atoms with Crippen molar-refractivity contribution < 1.29 is 0 Å². The van der Waals surface area contributed by atoms with Crippen LogP contribution in [0.1, 0.15) is 25.7 Å². The molecule has 0 radical (unpaired) electrons. The van der Waals surface area contributed by atoms with E-state index in [4.69, 9.17) is 4.98 Å². The summed E-state index contributed by atoms with van der Waals surface area (Å²) in [5.41, 5.74) is 2.42. The van der Waals surface area contributed by atoms with Gasteiger partial charge in [-0.2, -0.15) is 0 Å². The van der Waals surface area contributed by atoms with Gasteiger partial charge in [0.1, 0.15) is 5.82 Å². The quantitative estimate of drug-likeness (QED) is 0.873. The smallest absolute Gasteiger partial charge is 0.147 e. The number of benzene rings is 1. The van der Waals surface area contributed by atoms with Gasteiger partial charge in [0.15, 0.2) is 0 Å². The molecule has 110 valence electrons. The Morgan fingerprint density at radius 1 is 1.10 bits per heavy atom. The summed E-state index contributed by atoms with van der Waals surface area (Å²) in [6, 6.07) is 8.12. The molecule has 0 amide bonds. The minimum Gasteiger partial charge on any atom is -0.355 e. The maximum atomic E-state index is 4.82. The lowest BCUT2D eigenvalue weighted by molar-refractivity contribution is 0.173. The summed E-state index contributed by atoms with van der Waals surface area (Å²) in [7, 11) is 0. The van der Waals surface area contributed by atoms with Gasteiger partial charge < -0.3 is 10.2 Å². The van der Waals surface area contributed by atoms with Crippen molar-refractivity contribution in [2.45, 2.75) is 25.7 Å². The molecule has 3 heterocycles. The van der Waals surface area contributed by atoms with Crippen molar-refractivity contribution in [3.63, 3.8) is 0 Å². The van der Waals surface area contributed by atoms with Crippen molar-refractivity contribution in [2.75, 3.05) is 31.1 Å². The summed E-state index contributed by atoms with van der Waals surface area (Å²) in [5, 5.41) is 3.58. The highest BCUT2D eigenvalue weighted by Crippen LogP contribution is 2.37. The second-order valence-corrected chi connectivity index (χ2v) is 6.52. The van der Waals surface area contributed by atoms with E-state index in [1.165, 1.54) is 32.2 Å². The number of nitrogens with zero attached hydrogens (tertiary/aromatic N) is 3. The van der Waals surface area contributed by atoms with Crippen LogP contribution in [0.15, 0.2) is 30.5 Å². The molecular weight excluding hydrogens is 260 g/mol. The fraction of sp³-hybridized carbons (Fsp3) is 0.529. The van der Waals surface area contributed by atoms with E-state index >= 15 is 0 Å². The molecule has 1 N–H and O–H groups in total. The SMILES string of the molecule is c1ccc2nc(N3CCCC4(CCCNC4)C3)cnc2c1. The molecule has 0 bridgehead atoms. The summed E-state index contributed by atoms with van der Waals surface area (Å²) in [5.74, 6) is 1.04. The summed E-state index contributed by atoms with van der Waals surface area (Å²) in [6.45, 7) is 4.56. The van der Waals surface area contributed by atoms with Crippen molar-refractivity contribution in [2.24, 2.45) is 5.41 Å². The first-order chi connectivity index (χ1) is 10.3. The number of aromatic nitrogens is 2. The van der Waals surface area contributed by atoms with Crippen LogP contribution in [-0.4, -0.2) is 36.1 Å². The van der Waals surface area contributed by atoms with Gasteiger partial charge in [0, 0.05) is 25.0 Å². The van der Waals surface area contributed by atoms with Gasteiger partial charge in [-0.3, -0.25) is 4.98 Å². The van der Waals surface area contributed by atoms with E-state index in [0.29, 0.717) is 5.41 Å². The number of anilines is 1. The summed E-state index contributed by atoms with van der Waals surface area (Å²) in [6.07, 6.45) is 7.19. The number of rotatable bonds is 1. The van der Waals surface area contributed by atoms with Crippen LogP contribution >= 0.6 is 0 Å². The number of piperidine rings is 2. The molecule has 2 aliphatic heterocycles. The molecule has 21 heavy (non-hydrogen) atoms. The Morgan fingerprint density at radius 2 is 1.95 bits per heavy atom. The van der Waals surface area contributed by atoms with Gasteiger partial charge in [-0.1, -0.05) is 12.1 Å². The Balaban J connectivity index is 1.61. The lowest BCUT2D eigenvalue weighted by atomic mass is 9.74. The van der Waals surface area contributed by atoms with Crippen molar-refractivity contribution in [1.82, 2.24) is 15.3 Å². The Labute approximate surface area is 125 Å². The Kier molecular flexibility index (Phi) is 3.26. The number of fused-ring (bicyclic) bond motifs is 1. The van der Waals surface area contributed by atoms with E-state index < -0.39 is 0 Å². The monoisotopic (exact) mass is 282 g/mol. The number of hydrogen-bond donors (Lipinski definition) is 1. The molecule has 2 aliphatic rings. The van der Waals surface area contributed by atoms with Crippen molar-refractivity contribution in [3.8, 4) is 0 Å². The summed E-state index contributed by atoms with van der Waals surface area (Å²) < 4.78 is 0. The second kappa shape index (κ2) is 5.26. The molecule has 1 aromatic carbocycles. The molecular formula is C17H22N4. The molecule has 2 saturated heterocycles. The molecule has 0 aliphatic carbocycles. The molecule has 2 aromatic rings. The summed E-state index contributed by atoms with van der Waals surface area (Å²) in [4.78, 5) is 11.8. The first kappa shape index (κ1) is 13.0. The normalized spacial score (nSPS) is 26.4. The Bertz CT molecular complexity index is 628. The van der Waals surface area contributed by atoms with Gasteiger partial charge in [0.05, 0.1) is 17.2 Å². The first-order valence-electron chi connectivity index (χ1n) is 8.02. The minimum atomic E-state index is 0.448. The van der Waals surface area contributed by atoms with E-state index in [9.17, 15) is 0 Å². The highest BCUT2D eigenvalue weighted by Gasteiger charge is 2.36. The van der Waals surface area contributed by atoms with Crippen LogP contribution in [0.2, 0.25) is 0 Å². The van der Waals surface area contributed by atoms with Crippen LogP contribution in [0.4, 0.5) is 5.82 Å². The predicted molar refractivity (Wildman–Crippen MR) is 85.5 cm³/mol. The van der Waals surface area contributed by atoms with Crippen LogP contribution < -0.4 is 10.2 Å². The highest BCUT2D eigenvalue weighted by molar-refractivity contribution is 5.75. The lowest BCUT2D eigenvalue weighted by Crippen LogP contribution is -2.51. The first-order valence-corrected chi connectivity index (χ1v) is 8.02. The van der Waals surface area contributed by atoms with Crippen LogP contribution in [0.25, 0.3) is 11.0 Å². The molecule has 1 atom stereocenters. The summed E-state index contributed by atoms with van der Waals surface area (Å²) >= 11 is 0. The molecule has 4 nitrogen and oxygen atoms in total. The largest absolute Gasteiger partial charge is 0.355 e. The van der Waals surface area contributed by atoms with Gasteiger partial charge in [-0.15, -0.1) is 0 Å². The number of hydrogen-bond acceptors (Lipinski definition) is 4. The zero-order valence-electron chi connectivity index (χ0n) is 12.4. The molecule has 1 aromatic heterocycles. The van der Waals surface area contributed by atoms with Gasteiger partial charge >= 0.3 is 0 Å². The standard InChI is InChI=1S/C17H22N4/c1-2-6-15-14(5-1)19-11-16(20-15)21-10-4-8-17(13-21)7-3-9-18-12-17/h1-2,5-6,11,18H,3-4,7-10,12-13H2. The fourth-order valence-electron chi connectivity index (χ4n) is 3.88. The van der Waals surface area contributed by atoms with Gasteiger partial charge in [-0.05, 0) is 44.4 Å². The van der Waals surface area contributed by atoms with Crippen LogP contribution in [0, 0.1) is 5.41 Å². The second-order valence-electron chi connectivity index (χ2n) is 6.52. The van der Waals surface area contributed by atoms with Gasteiger partial charge in [0.2, 0.25) is 0 Å². The zero-order chi connectivity index (χ0) is 14.1. The Hall–Kier alpha value is -1.68. The minimum absolute atomic E-state index is 0.448. The zero-order valence-corrected chi connectivity index (χ0v) is 12.4. The molecule has 1 spiro atoms. The Morgan fingerprint density at radius 3 is 2.81 bits per heavy atom. The third-order valence-electron chi connectivity index (χ3n) is 4.98. The van der Waals surface area contributed by atoms with E-state index in [1.54, 1.807) is 0 Å². The maximum Gasteiger partial charge on any atom is 0.147 e. The molecule has 4 heteroatoms. The highest BCUT2D eigenvalue weighted by atomic mass is 15.2. The maximum absolute atomic E-state index is 4.82.